The van der Waals surface area contributed by atoms with Gasteiger partial charge in [-0.05, 0) is 37.6 Å². The van der Waals surface area contributed by atoms with Crippen molar-refractivity contribution in [2.24, 2.45) is 0 Å². The van der Waals surface area contributed by atoms with Crippen LogP contribution >= 0.6 is 15.9 Å². The lowest BCUT2D eigenvalue weighted by Crippen LogP contribution is -2.36. The number of amides is 2. The molecule has 1 rings (SSSR count). The first kappa shape index (κ1) is 15.5. The molecule has 0 saturated carbocycles. The molecule has 1 aromatic carbocycles. The Labute approximate surface area is 120 Å². The molecule has 0 aliphatic carbocycles. The van der Waals surface area contributed by atoms with Crippen LogP contribution in [0.3, 0.4) is 0 Å². The van der Waals surface area contributed by atoms with E-state index >= 15 is 0 Å². The Morgan fingerprint density at radius 3 is 2.58 bits per heavy atom. The van der Waals surface area contributed by atoms with Gasteiger partial charge < -0.3 is 15.3 Å². The summed E-state index contributed by atoms with van der Waals surface area (Å²) in [5, 5.41) is 11.4. The van der Waals surface area contributed by atoms with Gasteiger partial charge in [0.05, 0.1) is 6.42 Å². The molecule has 0 aliphatic rings. The van der Waals surface area contributed by atoms with Gasteiger partial charge in [0.2, 0.25) is 0 Å². The van der Waals surface area contributed by atoms with E-state index in [-0.39, 0.29) is 19.0 Å². The predicted molar refractivity (Wildman–Crippen MR) is 77.4 cm³/mol. The molecule has 0 radical (unpaired) electrons. The van der Waals surface area contributed by atoms with Gasteiger partial charge >= 0.3 is 12.0 Å². The van der Waals surface area contributed by atoms with Crippen LogP contribution in [0, 0.1) is 6.92 Å². The van der Waals surface area contributed by atoms with Gasteiger partial charge in [-0.1, -0.05) is 15.9 Å². The zero-order valence-corrected chi connectivity index (χ0v) is 12.5. The molecule has 0 unspecified atom stereocenters. The van der Waals surface area contributed by atoms with Crippen molar-refractivity contribution in [2.75, 3.05) is 18.4 Å². The van der Waals surface area contributed by atoms with Crippen molar-refractivity contribution >= 4 is 33.6 Å². The van der Waals surface area contributed by atoms with Crippen molar-refractivity contribution in [1.29, 1.82) is 0 Å². The number of rotatable bonds is 5. The number of hydrogen-bond acceptors (Lipinski definition) is 2. The topological polar surface area (TPSA) is 69.6 Å². The fraction of sp³-hybridized carbons (Fsp3) is 0.385. The van der Waals surface area contributed by atoms with Crippen LogP contribution in [-0.2, 0) is 4.79 Å². The average Bonchev–Trinajstić information content (AvgIpc) is 2.27. The zero-order chi connectivity index (χ0) is 14.4. The standard InChI is InChI=1S/C13H17BrN2O3/c1-3-16(5-4-12(17)18)13(19)15-11-7-9(2)6-10(14)8-11/h6-8H,3-5H2,1-2H3,(H,15,19)(H,17,18). The molecule has 104 valence electrons. The molecule has 0 spiro atoms. The lowest BCUT2D eigenvalue weighted by Gasteiger charge is -2.20. The molecule has 0 aromatic heterocycles. The number of halogens is 1. The Kier molecular flexibility index (Phi) is 5.82. The van der Waals surface area contributed by atoms with Crippen LogP contribution in [-0.4, -0.2) is 35.1 Å². The highest BCUT2D eigenvalue weighted by molar-refractivity contribution is 9.10. The minimum absolute atomic E-state index is 0.0568. The second kappa shape index (κ2) is 7.13. The van der Waals surface area contributed by atoms with E-state index in [9.17, 15) is 9.59 Å². The molecule has 0 saturated heterocycles. The molecular formula is C13H17BrN2O3. The largest absolute Gasteiger partial charge is 0.481 e. The number of carboxylic acid groups (broad SMARTS) is 1. The van der Waals surface area contributed by atoms with Crippen molar-refractivity contribution in [3.63, 3.8) is 0 Å². The first-order valence-electron chi connectivity index (χ1n) is 5.97. The van der Waals surface area contributed by atoms with Crippen LogP contribution in [0.15, 0.2) is 22.7 Å². The summed E-state index contributed by atoms with van der Waals surface area (Å²) in [6.07, 6.45) is -0.0568. The third-order valence-corrected chi connectivity index (χ3v) is 3.02. The predicted octanol–water partition coefficient (Wildman–Crippen LogP) is 3.09. The molecule has 0 bridgehead atoms. The molecule has 0 atom stereocenters. The van der Waals surface area contributed by atoms with Crippen LogP contribution < -0.4 is 5.32 Å². The summed E-state index contributed by atoms with van der Waals surface area (Å²) in [7, 11) is 0. The van der Waals surface area contributed by atoms with Gasteiger partial charge in [-0.2, -0.15) is 0 Å². The maximum atomic E-state index is 12.0. The molecule has 0 heterocycles. The van der Waals surface area contributed by atoms with Gasteiger partial charge in [-0.3, -0.25) is 4.79 Å². The maximum absolute atomic E-state index is 12.0. The quantitative estimate of drug-likeness (QED) is 0.872. The number of aliphatic carboxylic acids is 1. The van der Waals surface area contributed by atoms with E-state index in [0.717, 1.165) is 10.0 Å². The Morgan fingerprint density at radius 1 is 1.37 bits per heavy atom. The summed E-state index contributed by atoms with van der Waals surface area (Å²) in [5.74, 6) is -0.912. The molecule has 6 heteroatoms. The lowest BCUT2D eigenvalue weighted by molar-refractivity contribution is -0.137. The Morgan fingerprint density at radius 2 is 2.05 bits per heavy atom. The average molecular weight is 329 g/mol. The van der Waals surface area contributed by atoms with Crippen molar-refractivity contribution in [3.8, 4) is 0 Å². The second-order valence-corrected chi connectivity index (χ2v) is 5.09. The SMILES string of the molecule is CCN(CCC(=O)O)C(=O)Nc1cc(C)cc(Br)c1. The molecular weight excluding hydrogens is 312 g/mol. The highest BCUT2D eigenvalue weighted by Gasteiger charge is 2.13. The maximum Gasteiger partial charge on any atom is 0.321 e. The van der Waals surface area contributed by atoms with Gasteiger partial charge in [0.15, 0.2) is 0 Å². The van der Waals surface area contributed by atoms with Crippen molar-refractivity contribution in [2.45, 2.75) is 20.3 Å². The summed E-state index contributed by atoms with van der Waals surface area (Å²) in [6.45, 7) is 4.41. The molecule has 2 N–H and O–H groups in total. The summed E-state index contributed by atoms with van der Waals surface area (Å²) < 4.78 is 0.886. The number of aryl methyl sites for hydroxylation is 1. The number of carboxylic acids is 1. The zero-order valence-electron chi connectivity index (χ0n) is 10.9. The number of urea groups is 1. The van der Waals surface area contributed by atoms with E-state index in [2.05, 4.69) is 21.2 Å². The highest BCUT2D eigenvalue weighted by atomic mass is 79.9. The Balaban J connectivity index is 2.68. The van der Waals surface area contributed by atoms with Crippen molar-refractivity contribution in [1.82, 2.24) is 4.90 Å². The normalized spacial score (nSPS) is 10.1. The van der Waals surface area contributed by atoms with Crippen LogP contribution in [0.4, 0.5) is 10.5 Å². The third-order valence-electron chi connectivity index (χ3n) is 2.56. The van der Waals surface area contributed by atoms with E-state index in [1.165, 1.54) is 4.90 Å². The number of carbonyl (C=O) groups is 2. The van der Waals surface area contributed by atoms with Crippen molar-refractivity contribution in [3.05, 3.63) is 28.2 Å². The molecule has 19 heavy (non-hydrogen) atoms. The van der Waals surface area contributed by atoms with Gasteiger partial charge in [0.1, 0.15) is 0 Å². The smallest absolute Gasteiger partial charge is 0.321 e. The second-order valence-electron chi connectivity index (χ2n) is 4.17. The van der Waals surface area contributed by atoms with Crippen LogP contribution in [0.1, 0.15) is 18.9 Å². The first-order chi connectivity index (χ1) is 8.92. The van der Waals surface area contributed by atoms with Gasteiger partial charge in [-0.25, -0.2) is 4.79 Å². The fourth-order valence-corrected chi connectivity index (χ4v) is 2.25. The van der Waals surface area contributed by atoms with Crippen LogP contribution in [0.5, 0.6) is 0 Å². The molecule has 0 aliphatic heterocycles. The number of carbonyl (C=O) groups excluding carboxylic acids is 1. The Hall–Kier alpha value is -1.56. The monoisotopic (exact) mass is 328 g/mol. The number of nitrogens with one attached hydrogen (secondary N) is 1. The van der Waals surface area contributed by atoms with Crippen LogP contribution in [0.2, 0.25) is 0 Å². The number of anilines is 1. The number of benzene rings is 1. The number of hydrogen-bond donors (Lipinski definition) is 2. The van der Waals surface area contributed by atoms with E-state index in [0.29, 0.717) is 12.2 Å². The van der Waals surface area contributed by atoms with Crippen LogP contribution in [0.25, 0.3) is 0 Å². The molecule has 1 aromatic rings. The molecule has 0 fully saturated rings. The minimum atomic E-state index is -0.912. The van der Waals surface area contributed by atoms with Gasteiger partial charge in [0.25, 0.3) is 0 Å². The summed E-state index contributed by atoms with van der Waals surface area (Å²) in [6, 6.07) is 5.31. The fourth-order valence-electron chi connectivity index (χ4n) is 1.64. The third kappa shape index (κ3) is 5.30. The lowest BCUT2D eigenvalue weighted by atomic mass is 10.2. The minimum Gasteiger partial charge on any atom is -0.481 e. The summed E-state index contributed by atoms with van der Waals surface area (Å²) >= 11 is 3.36. The molecule has 2 amide bonds. The first-order valence-corrected chi connectivity index (χ1v) is 6.76. The van der Waals surface area contributed by atoms with E-state index in [1.807, 2.05) is 26.0 Å². The van der Waals surface area contributed by atoms with Gasteiger partial charge in [0, 0.05) is 23.2 Å². The summed E-state index contributed by atoms with van der Waals surface area (Å²) in [5.41, 5.74) is 1.71. The van der Waals surface area contributed by atoms with Gasteiger partial charge in [-0.15, -0.1) is 0 Å². The highest BCUT2D eigenvalue weighted by Crippen LogP contribution is 2.19. The van der Waals surface area contributed by atoms with Crippen molar-refractivity contribution < 1.29 is 14.7 Å². The van der Waals surface area contributed by atoms with E-state index < -0.39 is 5.97 Å². The number of nitrogens with zero attached hydrogens (tertiary/aromatic N) is 1. The molecule has 5 nitrogen and oxygen atoms in total. The van der Waals surface area contributed by atoms with E-state index in [4.69, 9.17) is 5.11 Å². The summed E-state index contributed by atoms with van der Waals surface area (Å²) in [4.78, 5) is 24.0. The van der Waals surface area contributed by atoms with E-state index in [1.54, 1.807) is 6.07 Å². The Bertz CT molecular complexity index is 457.